The van der Waals surface area contributed by atoms with Crippen LogP contribution in [0.4, 0.5) is 0 Å². The lowest BCUT2D eigenvalue weighted by atomic mass is 10.2. The minimum atomic E-state index is -1.57. The molecule has 0 aromatic carbocycles. The molecular formula is C12H24OSi. The van der Waals surface area contributed by atoms with E-state index < -0.39 is 8.32 Å². The lowest BCUT2D eigenvalue weighted by molar-refractivity contribution is 0.334. The van der Waals surface area contributed by atoms with Crippen LogP contribution in [0.5, 0.6) is 0 Å². The van der Waals surface area contributed by atoms with Gasteiger partial charge in [0.05, 0.1) is 6.61 Å². The molecule has 14 heavy (non-hydrogen) atoms. The molecule has 0 aliphatic carbocycles. The Morgan fingerprint density at radius 2 is 1.71 bits per heavy atom. The van der Waals surface area contributed by atoms with Crippen molar-refractivity contribution in [2.45, 2.75) is 58.7 Å². The Kier molecular flexibility index (Phi) is 5.47. The smallest absolute Gasteiger partial charge is 0.193 e. The summed E-state index contributed by atoms with van der Waals surface area (Å²) in [6.45, 7) is 14.0. The van der Waals surface area contributed by atoms with Crippen molar-refractivity contribution >= 4 is 8.32 Å². The first-order chi connectivity index (χ1) is 6.31. The molecular weight excluding hydrogens is 188 g/mol. The Bertz CT molecular complexity index is 215. The molecule has 0 fully saturated rings. The van der Waals surface area contributed by atoms with Gasteiger partial charge in [-0.3, -0.25) is 0 Å². The Balaban J connectivity index is 3.97. The summed E-state index contributed by atoms with van der Waals surface area (Å²) >= 11 is 0. The van der Waals surface area contributed by atoms with Gasteiger partial charge in [0.25, 0.3) is 0 Å². The van der Waals surface area contributed by atoms with Gasteiger partial charge >= 0.3 is 0 Å². The summed E-state index contributed by atoms with van der Waals surface area (Å²) in [7, 11) is -1.57. The van der Waals surface area contributed by atoms with Crippen molar-refractivity contribution in [1.82, 2.24) is 0 Å². The van der Waals surface area contributed by atoms with E-state index in [0.717, 1.165) is 12.8 Å². The van der Waals surface area contributed by atoms with Gasteiger partial charge in [0.1, 0.15) is 0 Å². The fourth-order valence-electron chi connectivity index (χ4n) is 0.697. The van der Waals surface area contributed by atoms with Crippen molar-refractivity contribution in [3.8, 4) is 11.8 Å². The molecule has 82 valence electrons. The average Bonchev–Trinajstić information content (AvgIpc) is 2.02. The van der Waals surface area contributed by atoms with Crippen LogP contribution in [0, 0.1) is 11.8 Å². The van der Waals surface area contributed by atoms with E-state index >= 15 is 0 Å². The molecule has 0 spiro atoms. The Morgan fingerprint density at radius 3 is 2.14 bits per heavy atom. The molecule has 0 aromatic heterocycles. The molecule has 2 heteroatoms. The van der Waals surface area contributed by atoms with Crippen LogP contribution >= 0.6 is 0 Å². The van der Waals surface area contributed by atoms with Gasteiger partial charge in [-0.2, -0.15) is 0 Å². The zero-order chi connectivity index (χ0) is 11.2. The number of rotatable bonds is 3. The minimum Gasteiger partial charge on any atom is -0.406 e. The van der Waals surface area contributed by atoms with Gasteiger partial charge in [-0.05, 0) is 24.6 Å². The summed E-state index contributed by atoms with van der Waals surface area (Å²) in [4.78, 5) is 0. The van der Waals surface area contributed by atoms with E-state index in [1.54, 1.807) is 0 Å². The standard InChI is InChI=1S/C12H24OSi/c1-7-8-9-10-11-13-14(5,6)12(2,3)4/h7-8,11H2,1-6H3. The van der Waals surface area contributed by atoms with Crippen molar-refractivity contribution < 1.29 is 4.43 Å². The number of unbranched alkanes of at least 4 members (excludes halogenated alkanes) is 1. The van der Waals surface area contributed by atoms with Gasteiger partial charge in [-0.25, -0.2) is 0 Å². The van der Waals surface area contributed by atoms with Gasteiger partial charge < -0.3 is 4.43 Å². The molecule has 0 amide bonds. The van der Waals surface area contributed by atoms with Gasteiger partial charge in [0.2, 0.25) is 0 Å². The van der Waals surface area contributed by atoms with Crippen LogP contribution in [0.15, 0.2) is 0 Å². The molecule has 1 nitrogen and oxygen atoms in total. The lowest BCUT2D eigenvalue weighted by Gasteiger charge is -2.35. The van der Waals surface area contributed by atoms with Crippen LogP contribution < -0.4 is 0 Å². The second kappa shape index (κ2) is 5.58. The highest BCUT2D eigenvalue weighted by Gasteiger charge is 2.36. The second-order valence-corrected chi connectivity index (χ2v) is 9.96. The highest BCUT2D eigenvalue weighted by atomic mass is 28.4. The zero-order valence-corrected chi connectivity index (χ0v) is 11.5. The molecule has 0 bridgehead atoms. The summed E-state index contributed by atoms with van der Waals surface area (Å²) in [5, 5.41) is 0.291. The monoisotopic (exact) mass is 212 g/mol. The Labute approximate surface area is 90.4 Å². The summed E-state index contributed by atoms with van der Waals surface area (Å²) in [6.07, 6.45) is 2.12. The fourth-order valence-corrected chi connectivity index (χ4v) is 1.56. The van der Waals surface area contributed by atoms with E-state index in [1.165, 1.54) is 0 Å². The summed E-state index contributed by atoms with van der Waals surface area (Å²) in [6, 6.07) is 0. The van der Waals surface area contributed by atoms with Crippen LogP contribution in [0.25, 0.3) is 0 Å². The average molecular weight is 212 g/mol. The Morgan fingerprint density at radius 1 is 1.14 bits per heavy atom. The number of hydrogen-bond donors (Lipinski definition) is 0. The van der Waals surface area contributed by atoms with Crippen molar-refractivity contribution in [2.24, 2.45) is 0 Å². The molecule has 0 N–H and O–H groups in total. The molecule has 0 atom stereocenters. The maximum Gasteiger partial charge on any atom is 0.193 e. The first-order valence-electron chi connectivity index (χ1n) is 5.41. The van der Waals surface area contributed by atoms with Crippen LogP contribution in [0.3, 0.4) is 0 Å². The third-order valence-corrected chi connectivity index (χ3v) is 7.29. The molecule has 0 aliphatic heterocycles. The van der Waals surface area contributed by atoms with Gasteiger partial charge in [-0.15, -0.1) is 5.92 Å². The molecule has 0 saturated carbocycles. The van der Waals surface area contributed by atoms with Crippen LogP contribution in [0.2, 0.25) is 18.1 Å². The van der Waals surface area contributed by atoms with E-state index in [9.17, 15) is 0 Å². The summed E-state index contributed by atoms with van der Waals surface area (Å²) in [5.41, 5.74) is 0. The van der Waals surface area contributed by atoms with Crippen molar-refractivity contribution in [3.63, 3.8) is 0 Å². The quantitative estimate of drug-likeness (QED) is 0.510. The maximum atomic E-state index is 5.91. The Hall–Kier alpha value is -0.263. The second-order valence-electron chi connectivity index (χ2n) is 5.15. The molecule has 0 saturated heterocycles. The molecule has 0 aromatic rings. The summed E-state index contributed by atoms with van der Waals surface area (Å²) in [5.74, 6) is 6.18. The first kappa shape index (κ1) is 13.7. The normalized spacial score (nSPS) is 12.1. The molecule has 0 aliphatic rings. The number of hydrogen-bond acceptors (Lipinski definition) is 1. The van der Waals surface area contributed by atoms with Crippen molar-refractivity contribution in [3.05, 3.63) is 0 Å². The highest BCUT2D eigenvalue weighted by Crippen LogP contribution is 2.36. The van der Waals surface area contributed by atoms with Crippen LogP contribution in [-0.2, 0) is 4.43 Å². The van der Waals surface area contributed by atoms with Crippen molar-refractivity contribution in [2.75, 3.05) is 6.61 Å². The zero-order valence-electron chi connectivity index (χ0n) is 10.5. The molecule has 0 unspecified atom stereocenters. The first-order valence-corrected chi connectivity index (χ1v) is 8.32. The lowest BCUT2D eigenvalue weighted by Crippen LogP contribution is -2.40. The topological polar surface area (TPSA) is 9.23 Å². The van der Waals surface area contributed by atoms with Crippen LogP contribution in [-0.4, -0.2) is 14.9 Å². The largest absolute Gasteiger partial charge is 0.406 e. The van der Waals surface area contributed by atoms with Gasteiger partial charge in [-0.1, -0.05) is 33.6 Å². The van der Waals surface area contributed by atoms with Gasteiger partial charge in [0, 0.05) is 6.42 Å². The van der Waals surface area contributed by atoms with E-state index in [-0.39, 0.29) is 0 Å². The van der Waals surface area contributed by atoms with Crippen LogP contribution in [0.1, 0.15) is 40.5 Å². The SMILES string of the molecule is CCCC#CCO[Si](C)(C)C(C)(C)C. The van der Waals surface area contributed by atoms with E-state index in [4.69, 9.17) is 4.43 Å². The summed E-state index contributed by atoms with van der Waals surface area (Å²) < 4.78 is 5.91. The van der Waals surface area contributed by atoms with E-state index in [0.29, 0.717) is 11.6 Å². The maximum absolute atomic E-state index is 5.91. The molecule has 0 radical (unpaired) electrons. The van der Waals surface area contributed by atoms with Crippen molar-refractivity contribution in [1.29, 1.82) is 0 Å². The fraction of sp³-hybridized carbons (Fsp3) is 0.833. The molecule has 0 rings (SSSR count). The molecule has 0 heterocycles. The van der Waals surface area contributed by atoms with E-state index in [2.05, 4.69) is 52.6 Å². The predicted molar refractivity (Wildman–Crippen MR) is 65.8 cm³/mol. The highest BCUT2D eigenvalue weighted by molar-refractivity contribution is 6.74. The predicted octanol–water partition coefficient (Wildman–Crippen LogP) is 3.81. The minimum absolute atomic E-state index is 0.291. The third kappa shape index (κ3) is 4.83. The van der Waals surface area contributed by atoms with Gasteiger partial charge in [0.15, 0.2) is 8.32 Å². The third-order valence-electron chi connectivity index (χ3n) is 2.81. The van der Waals surface area contributed by atoms with E-state index in [1.807, 2.05) is 0 Å².